The van der Waals surface area contributed by atoms with E-state index in [0.717, 1.165) is 5.56 Å². The van der Waals surface area contributed by atoms with E-state index in [2.05, 4.69) is 9.97 Å². The maximum atomic E-state index is 12.3. The lowest BCUT2D eigenvalue weighted by Gasteiger charge is -2.33. The van der Waals surface area contributed by atoms with Crippen molar-refractivity contribution >= 4 is 28.6 Å². The first kappa shape index (κ1) is 23.1. The largest absolute Gasteiger partial charge is 0.489 e. The number of hydrogen-bond donors (Lipinski definition) is 0. The van der Waals surface area contributed by atoms with Gasteiger partial charge in [0.25, 0.3) is 0 Å². The predicted octanol–water partition coefficient (Wildman–Crippen LogP) is 5.64. The molecule has 1 amide bonds. The van der Waals surface area contributed by atoms with Crippen molar-refractivity contribution in [3.8, 4) is 11.5 Å². The number of fused-ring (bicyclic) bond motifs is 1. The van der Waals surface area contributed by atoms with Crippen LogP contribution in [0.25, 0.3) is 10.9 Å². The molecule has 1 aliphatic rings. The highest BCUT2D eigenvalue weighted by Gasteiger charge is 2.28. The van der Waals surface area contributed by atoms with Crippen molar-refractivity contribution < 1.29 is 19.0 Å². The maximum absolute atomic E-state index is 12.3. The van der Waals surface area contributed by atoms with Crippen LogP contribution in [0.1, 0.15) is 39.2 Å². The number of benzene rings is 2. The lowest BCUT2D eigenvalue weighted by Crippen LogP contribution is -2.44. The molecular formula is C25H28ClN3O4. The van der Waals surface area contributed by atoms with Crippen molar-refractivity contribution in [1.29, 1.82) is 0 Å². The highest BCUT2D eigenvalue weighted by Crippen LogP contribution is 2.36. The molecule has 1 aliphatic heterocycles. The van der Waals surface area contributed by atoms with Gasteiger partial charge in [0.2, 0.25) is 0 Å². The van der Waals surface area contributed by atoms with Gasteiger partial charge in [0.15, 0.2) is 0 Å². The number of amides is 1. The van der Waals surface area contributed by atoms with E-state index in [9.17, 15) is 4.79 Å². The Balaban J connectivity index is 1.48. The first-order valence-corrected chi connectivity index (χ1v) is 11.4. The first-order valence-electron chi connectivity index (χ1n) is 11.0. The Bertz CT molecular complexity index is 1110. The molecule has 3 aromatic rings. The van der Waals surface area contributed by atoms with Gasteiger partial charge in [-0.15, -0.1) is 0 Å². The van der Waals surface area contributed by atoms with E-state index in [1.54, 1.807) is 4.90 Å². The number of rotatable bonds is 5. The zero-order chi connectivity index (χ0) is 23.4. The summed E-state index contributed by atoms with van der Waals surface area (Å²) in [6.45, 7) is 7.15. The van der Waals surface area contributed by atoms with E-state index in [-0.39, 0.29) is 12.2 Å². The monoisotopic (exact) mass is 469 g/mol. The van der Waals surface area contributed by atoms with Gasteiger partial charge in [0.05, 0.1) is 10.9 Å². The van der Waals surface area contributed by atoms with Gasteiger partial charge in [0, 0.05) is 38.1 Å². The van der Waals surface area contributed by atoms with E-state index in [1.165, 1.54) is 6.33 Å². The third-order valence-electron chi connectivity index (χ3n) is 5.26. The molecule has 1 aromatic heterocycles. The third-order valence-corrected chi connectivity index (χ3v) is 5.55. The number of piperidine rings is 1. The van der Waals surface area contributed by atoms with Crippen LogP contribution in [0.5, 0.6) is 11.5 Å². The van der Waals surface area contributed by atoms with Crippen molar-refractivity contribution in [2.45, 2.75) is 51.9 Å². The number of halogens is 1. The summed E-state index contributed by atoms with van der Waals surface area (Å²) in [6, 6.07) is 13.6. The molecule has 1 fully saturated rings. The number of hydrogen-bond acceptors (Lipinski definition) is 6. The first-order chi connectivity index (χ1) is 15.8. The van der Waals surface area contributed by atoms with E-state index >= 15 is 0 Å². The highest BCUT2D eigenvalue weighted by molar-refractivity contribution is 6.34. The molecule has 1 saturated heterocycles. The summed E-state index contributed by atoms with van der Waals surface area (Å²) in [5.41, 5.74) is 1.21. The van der Waals surface area contributed by atoms with Crippen LogP contribution in [0.4, 0.5) is 4.79 Å². The van der Waals surface area contributed by atoms with Gasteiger partial charge in [-0.05, 0) is 26.3 Å². The lowest BCUT2D eigenvalue weighted by atomic mass is 10.1. The normalized spacial score (nSPS) is 14.8. The summed E-state index contributed by atoms with van der Waals surface area (Å²) in [5.74, 6) is 1.22. The maximum Gasteiger partial charge on any atom is 0.410 e. The van der Waals surface area contributed by atoms with E-state index in [4.69, 9.17) is 25.8 Å². The number of likely N-dealkylation sites (tertiary alicyclic amines) is 1. The van der Waals surface area contributed by atoms with Crippen molar-refractivity contribution in [2.24, 2.45) is 0 Å². The van der Waals surface area contributed by atoms with Gasteiger partial charge < -0.3 is 19.1 Å². The molecule has 8 heteroatoms. The van der Waals surface area contributed by atoms with Gasteiger partial charge >= 0.3 is 6.09 Å². The van der Waals surface area contributed by atoms with Gasteiger partial charge in [0.1, 0.15) is 41.3 Å². The van der Waals surface area contributed by atoms with Crippen molar-refractivity contribution in [3.63, 3.8) is 0 Å². The standard InChI is InChI=1S/C25H28ClN3O4/c1-25(2,3)33-24(30)29-11-9-18(10-12-29)32-21-14-19(31-15-17-7-5-4-6-8-17)13-20-22(21)23(26)28-16-27-20/h4-8,13-14,16,18H,9-12,15H2,1-3H3. The number of carbonyl (C=O) groups is 1. The number of nitrogens with zero attached hydrogens (tertiary/aromatic N) is 3. The Morgan fingerprint density at radius 2 is 1.85 bits per heavy atom. The van der Waals surface area contributed by atoms with E-state index < -0.39 is 5.60 Å². The second-order valence-electron chi connectivity index (χ2n) is 9.04. The molecule has 4 rings (SSSR count). The van der Waals surface area contributed by atoms with Gasteiger partial charge in [-0.2, -0.15) is 0 Å². The zero-order valence-corrected chi connectivity index (χ0v) is 19.8. The van der Waals surface area contributed by atoms with Gasteiger partial charge in [-0.1, -0.05) is 41.9 Å². The molecule has 2 heterocycles. The quantitative estimate of drug-likeness (QED) is 0.450. The van der Waals surface area contributed by atoms with Crippen molar-refractivity contribution in [1.82, 2.24) is 14.9 Å². The summed E-state index contributed by atoms with van der Waals surface area (Å²) >= 11 is 6.39. The van der Waals surface area contributed by atoms with Crippen LogP contribution >= 0.6 is 11.6 Å². The Kier molecular flexibility index (Phi) is 6.88. The second kappa shape index (κ2) is 9.83. The molecule has 0 saturated carbocycles. The molecule has 0 unspecified atom stereocenters. The molecule has 33 heavy (non-hydrogen) atoms. The second-order valence-corrected chi connectivity index (χ2v) is 9.40. The molecule has 2 aromatic carbocycles. The summed E-state index contributed by atoms with van der Waals surface area (Å²) < 4.78 is 17.8. The Morgan fingerprint density at radius 1 is 1.12 bits per heavy atom. The van der Waals surface area contributed by atoms with Gasteiger partial charge in [-0.25, -0.2) is 14.8 Å². The predicted molar refractivity (Wildman–Crippen MR) is 127 cm³/mol. The summed E-state index contributed by atoms with van der Waals surface area (Å²) in [6.07, 6.45) is 2.42. The lowest BCUT2D eigenvalue weighted by molar-refractivity contribution is 0.0127. The summed E-state index contributed by atoms with van der Waals surface area (Å²) in [4.78, 5) is 22.5. The fourth-order valence-corrected chi connectivity index (χ4v) is 3.90. The molecule has 0 N–H and O–H groups in total. The Labute approximate surface area is 198 Å². The van der Waals surface area contributed by atoms with Gasteiger partial charge in [-0.3, -0.25) is 0 Å². The fourth-order valence-electron chi connectivity index (χ4n) is 3.67. The average Bonchev–Trinajstić information content (AvgIpc) is 2.78. The molecular weight excluding hydrogens is 442 g/mol. The zero-order valence-electron chi connectivity index (χ0n) is 19.1. The minimum Gasteiger partial charge on any atom is -0.489 e. The number of aromatic nitrogens is 2. The van der Waals surface area contributed by atoms with Crippen LogP contribution in [-0.2, 0) is 11.3 Å². The Hall–Kier alpha value is -3.06. The minimum atomic E-state index is -0.514. The number of ether oxygens (including phenoxy) is 3. The van der Waals surface area contributed by atoms with E-state index in [0.29, 0.717) is 60.1 Å². The summed E-state index contributed by atoms with van der Waals surface area (Å²) in [5, 5.41) is 0.983. The summed E-state index contributed by atoms with van der Waals surface area (Å²) in [7, 11) is 0. The SMILES string of the molecule is CC(C)(C)OC(=O)N1CCC(Oc2cc(OCc3ccccc3)cc3ncnc(Cl)c23)CC1. The average molecular weight is 470 g/mol. The molecule has 0 radical (unpaired) electrons. The smallest absolute Gasteiger partial charge is 0.410 e. The van der Waals surface area contributed by atoms with Crippen molar-refractivity contribution in [2.75, 3.05) is 13.1 Å². The molecule has 0 atom stereocenters. The van der Waals surface area contributed by atoms with Crippen LogP contribution in [0.3, 0.4) is 0 Å². The van der Waals surface area contributed by atoms with Crippen LogP contribution in [0.2, 0.25) is 5.15 Å². The molecule has 0 aliphatic carbocycles. The van der Waals surface area contributed by atoms with Crippen molar-refractivity contribution in [3.05, 3.63) is 59.5 Å². The fraction of sp³-hybridized carbons (Fsp3) is 0.400. The molecule has 7 nitrogen and oxygen atoms in total. The Morgan fingerprint density at radius 3 is 2.55 bits per heavy atom. The van der Waals surface area contributed by atoms with Crippen LogP contribution < -0.4 is 9.47 Å². The highest BCUT2D eigenvalue weighted by atomic mass is 35.5. The van der Waals surface area contributed by atoms with Crippen LogP contribution in [0, 0.1) is 0 Å². The molecule has 0 bridgehead atoms. The van der Waals surface area contributed by atoms with E-state index in [1.807, 2.05) is 63.2 Å². The van der Waals surface area contributed by atoms with Crippen LogP contribution in [0.15, 0.2) is 48.8 Å². The molecule has 0 spiro atoms. The minimum absolute atomic E-state index is 0.0764. The number of carbonyl (C=O) groups excluding carboxylic acids is 1. The molecule has 174 valence electrons. The third kappa shape index (κ3) is 6.05. The van der Waals surface area contributed by atoms with Crippen LogP contribution in [-0.4, -0.2) is 45.8 Å². The topological polar surface area (TPSA) is 73.8 Å².